The lowest BCUT2D eigenvalue weighted by molar-refractivity contribution is 0.0697. The molecular weight excluding hydrogens is 404 g/mol. The van der Waals surface area contributed by atoms with Crippen LogP contribution >= 0.6 is 0 Å². The van der Waals surface area contributed by atoms with Gasteiger partial charge in [-0.15, -0.1) is 0 Å². The normalized spacial score (nSPS) is 10.5. The van der Waals surface area contributed by atoms with Crippen LogP contribution in [-0.2, 0) is 0 Å². The summed E-state index contributed by atoms with van der Waals surface area (Å²) in [6.45, 7) is 0. The number of aromatic nitrogens is 1. The summed E-state index contributed by atoms with van der Waals surface area (Å²) in [7, 11) is 0. The Morgan fingerprint density at radius 1 is 0.906 bits per heavy atom. The Hall–Kier alpha value is -4.65. The Bertz CT molecular complexity index is 1300. The van der Waals surface area contributed by atoms with E-state index in [0.29, 0.717) is 28.1 Å². The number of carboxylic acid groups (broad SMARTS) is 1. The molecule has 0 spiro atoms. The van der Waals surface area contributed by atoms with E-state index in [1.807, 2.05) is 54.6 Å². The molecule has 0 fully saturated rings. The average Bonchev–Trinajstić information content (AvgIpc) is 2.80. The van der Waals surface area contributed by atoms with Gasteiger partial charge in [0.15, 0.2) is 0 Å². The highest BCUT2D eigenvalue weighted by atomic mass is 16.5. The zero-order valence-corrected chi connectivity index (χ0v) is 16.9. The van der Waals surface area contributed by atoms with Gasteiger partial charge in [0, 0.05) is 17.3 Å². The zero-order valence-electron chi connectivity index (χ0n) is 16.9. The molecule has 7 heteroatoms. The van der Waals surface area contributed by atoms with E-state index in [-0.39, 0.29) is 17.1 Å². The maximum absolute atomic E-state index is 11.3. The second kappa shape index (κ2) is 8.61. The largest absolute Gasteiger partial charge is 0.478 e. The Balaban J connectivity index is 1.72. The zero-order chi connectivity index (χ0) is 22.7. The van der Waals surface area contributed by atoms with Crippen molar-refractivity contribution in [1.82, 2.24) is 4.98 Å². The van der Waals surface area contributed by atoms with Crippen molar-refractivity contribution in [2.45, 2.75) is 0 Å². The number of aromatic carboxylic acids is 1. The summed E-state index contributed by atoms with van der Waals surface area (Å²) in [6.07, 6.45) is 1.59. The molecular formula is C25H20N4O3. The molecule has 32 heavy (non-hydrogen) atoms. The van der Waals surface area contributed by atoms with Gasteiger partial charge in [-0.05, 0) is 42.0 Å². The summed E-state index contributed by atoms with van der Waals surface area (Å²) in [5.74, 6) is 0.127. The van der Waals surface area contributed by atoms with Crippen LogP contribution in [0.4, 0.5) is 5.69 Å². The average molecular weight is 424 g/mol. The van der Waals surface area contributed by atoms with Crippen molar-refractivity contribution in [2.24, 2.45) is 5.73 Å². The molecule has 0 aliphatic heterocycles. The van der Waals surface area contributed by atoms with Crippen LogP contribution in [0.25, 0.3) is 22.4 Å². The highest BCUT2D eigenvalue weighted by Crippen LogP contribution is 2.34. The molecule has 4 aromatic rings. The first-order chi connectivity index (χ1) is 15.4. The fourth-order valence-corrected chi connectivity index (χ4v) is 3.39. The van der Waals surface area contributed by atoms with Gasteiger partial charge in [-0.25, -0.2) is 4.79 Å². The predicted molar refractivity (Wildman–Crippen MR) is 124 cm³/mol. The minimum absolute atomic E-state index is 0.117. The lowest BCUT2D eigenvalue weighted by Crippen LogP contribution is -2.16. The number of para-hydroxylation sites is 1. The molecule has 6 N–H and O–H groups in total. The van der Waals surface area contributed by atoms with Crippen LogP contribution in [0.3, 0.4) is 0 Å². The molecule has 0 aliphatic rings. The van der Waals surface area contributed by atoms with Gasteiger partial charge in [0.1, 0.15) is 17.3 Å². The minimum atomic E-state index is -1.05. The van der Waals surface area contributed by atoms with Gasteiger partial charge >= 0.3 is 5.97 Å². The highest BCUT2D eigenvalue weighted by molar-refractivity contribution is 6.08. The number of carboxylic acids is 1. The van der Waals surface area contributed by atoms with Crippen molar-refractivity contribution in [2.75, 3.05) is 5.73 Å². The second-order valence-electron chi connectivity index (χ2n) is 7.05. The first-order valence-electron chi connectivity index (χ1n) is 9.74. The van der Waals surface area contributed by atoms with E-state index in [2.05, 4.69) is 4.98 Å². The number of amidine groups is 1. The van der Waals surface area contributed by atoms with Gasteiger partial charge in [0.25, 0.3) is 0 Å². The van der Waals surface area contributed by atoms with E-state index in [1.165, 1.54) is 12.1 Å². The van der Waals surface area contributed by atoms with E-state index in [4.69, 9.17) is 21.6 Å². The number of nitrogens with one attached hydrogen (secondary N) is 1. The first kappa shape index (κ1) is 20.6. The Kier molecular flexibility index (Phi) is 5.55. The lowest BCUT2D eigenvalue weighted by atomic mass is 9.96. The topological polar surface area (TPSA) is 135 Å². The Morgan fingerprint density at radius 2 is 1.59 bits per heavy atom. The number of ether oxygens (including phenoxy) is 1. The van der Waals surface area contributed by atoms with Crippen LogP contribution in [-0.4, -0.2) is 21.9 Å². The van der Waals surface area contributed by atoms with Crippen LogP contribution in [0.5, 0.6) is 11.5 Å². The summed E-state index contributed by atoms with van der Waals surface area (Å²) >= 11 is 0. The smallest absolute Gasteiger partial charge is 0.335 e. The van der Waals surface area contributed by atoms with Gasteiger partial charge in [-0.1, -0.05) is 42.5 Å². The van der Waals surface area contributed by atoms with Crippen molar-refractivity contribution < 1.29 is 14.6 Å². The molecule has 0 saturated heterocycles. The monoisotopic (exact) mass is 424 g/mol. The molecule has 0 saturated carbocycles. The number of carbonyl (C=O) groups is 1. The predicted octanol–water partition coefficient (Wildman–Crippen LogP) is 4.77. The maximum Gasteiger partial charge on any atom is 0.335 e. The fourth-order valence-electron chi connectivity index (χ4n) is 3.39. The van der Waals surface area contributed by atoms with Crippen molar-refractivity contribution >= 4 is 17.5 Å². The van der Waals surface area contributed by atoms with E-state index >= 15 is 0 Å². The number of pyridine rings is 1. The quantitative estimate of drug-likeness (QED) is 0.260. The van der Waals surface area contributed by atoms with Crippen molar-refractivity contribution in [3.63, 3.8) is 0 Å². The number of nitrogens with two attached hydrogens (primary N) is 2. The van der Waals surface area contributed by atoms with E-state index < -0.39 is 5.97 Å². The van der Waals surface area contributed by atoms with Gasteiger partial charge in [-0.3, -0.25) is 10.4 Å². The van der Waals surface area contributed by atoms with Crippen LogP contribution < -0.4 is 16.2 Å². The van der Waals surface area contributed by atoms with Crippen molar-refractivity contribution in [1.29, 1.82) is 5.41 Å². The number of rotatable bonds is 6. The van der Waals surface area contributed by atoms with Crippen LogP contribution in [0, 0.1) is 5.41 Å². The lowest BCUT2D eigenvalue weighted by Gasteiger charge is -2.15. The molecule has 0 atom stereocenters. The Morgan fingerprint density at radius 3 is 2.25 bits per heavy atom. The molecule has 0 unspecified atom stereocenters. The minimum Gasteiger partial charge on any atom is -0.478 e. The maximum atomic E-state index is 11.3. The summed E-state index contributed by atoms with van der Waals surface area (Å²) in [5, 5.41) is 17.3. The number of hydrogen-bond donors (Lipinski definition) is 4. The summed E-state index contributed by atoms with van der Waals surface area (Å²) in [6, 6.07) is 23.0. The number of nitrogens with zero attached hydrogens (tertiary/aromatic N) is 1. The third-order valence-electron chi connectivity index (χ3n) is 4.91. The second-order valence-corrected chi connectivity index (χ2v) is 7.05. The molecule has 0 bridgehead atoms. The van der Waals surface area contributed by atoms with Gasteiger partial charge in [0.05, 0.1) is 22.5 Å². The van der Waals surface area contributed by atoms with Gasteiger partial charge in [0.2, 0.25) is 0 Å². The highest BCUT2D eigenvalue weighted by Gasteiger charge is 2.18. The molecule has 7 nitrogen and oxygen atoms in total. The molecule has 1 heterocycles. The molecule has 0 aliphatic carbocycles. The van der Waals surface area contributed by atoms with E-state index in [9.17, 15) is 9.90 Å². The number of anilines is 1. The molecule has 0 amide bonds. The van der Waals surface area contributed by atoms with Gasteiger partial charge < -0.3 is 21.3 Å². The Labute approximate surface area is 184 Å². The van der Waals surface area contributed by atoms with Crippen LogP contribution in [0.2, 0.25) is 0 Å². The van der Waals surface area contributed by atoms with Crippen LogP contribution in [0.1, 0.15) is 15.9 Å². The van der Waals surface area contributed by atoms with Crippen molar-refractivity contribution in [3.8, 4) is 33.9 Å². The summed E-state index contributed by atoms with van der Waals surface area (Å²) in [5.41, 5.74) is 15.1. The first-order valence-corrected chi connectivity index (χ1v) is 9.74. The number of nitrogen functional groups attached to an aromatic ring is 2. The molecule has 158 valence electrons. The standard InChI is InChI=1S/C25H20N4O3/c26-22-21(24(27)28)20(14-29-23(22)16-5-4-6-17(13-16)25(30)31)15-9-11-19(12-10-15)32-18-7-2-1-3-8-18/h1-14H,26H2,(H3,27,28)(H,30,31). The number of benzene rings is 3. The molecule has 4 rings (SSSR count). The van der Waals surface area contributed by atoms with Crippen molar-refractivity contribution in [3.05, 3.63) is 96.2 Å². The number of hydrogen-bond acceptors (Lipinski definition) is 5. The molecule has 0 radical (unpaired) electrons. The van der Waals surface area contributed by atoms with Gasteiger partial charge in [-0.2, -0.15) is 0 Å². The van der Waals surface area contributed by atoms with E-state index in [1.54, 1.807) is 18.3 Å². The summed E-state index contributed by atoms with van der Waals surface area (Å²) < 4.78 is 5.82. The third-order valence-corrected chi connectivity index (χ3v) is 4.91. The SMILES string of the molecule is N=C(N)c1c(-c2ccc(Oc3ccccc3)cc2)cnc(-c2cccc(C(=O)O)c2)c1N. The fraction of sp³-hybridized carbons (Fsp3) is 0. The van der Waals surface area contributed by atoms with Crippen LogP contribution in [0.15, 0.2) is 85.1 Å². The summed E-state index contributed by atoms with van der Waals surface area (Å²) in [4.78, 5) is 15.8. The molecule has 3 aromatic carbocycles. The van der Waals surface area contributed by atoms with E-state index in [0.717, 1.165) is 11.3 Å². The molecule has 1 aromatic heterocycles. The third kappa shape index (κ3) is 4.13.